The van der Waals surface area contributed by atoms with Gasteiger partial charge in [-0.2, -0.15) is 0 Å². The molecule has 2 aromatic carbocycles. The number of imide groups is 1. The minimum absolute atomic E-state index is 0.217. The van der Waals surface area contributed by atoms with E-state index in [0.29, 0.717) is 21.3 Å². The second-order valence-electron chi connectivity index (χ2n) is 8.58. The van der Waals surface area contributed by atoms with Crippen LogP contribution in [0.3, 0.4) is 0 Å². The van der Waals surface area contributed by atoms with E-state index in [1.165, 1.54) is 40.2 Å². The number of rotatable bonds is 5. The number of thioether (sulfide) groups is 1. The molecule has 0 spiro atoms. The van der Waals surface area contributed by atoms with Crippen LogP contribution in [0.25, 0.3) is 0 Å². The summed E-state index contributed by atoms with van der Waals surface area (Å²) in [5, 5.41) is 4.42. The fourth-order valence-corrected chi connectivity index (χ4v) is 8.46. The van der Waals surface area contributed by atoms with Crippen molar-refractivity contribution in [1.82, 2.24) is 4.57 Å². The van der Waals surface area contributed by atoms with Gasteiger partial charge in [0.05, 0.1) is 16.6 Å². The highest BCUT2D eigenvalue weighted by atomic mass is 32.2. The average molecular weight is 552 g/mol. The van der Waals surface area contributed by atoms with Crippen LogP contribution in [0.4, 0.5) is 15.8 Å². The third kappa shape index (κ3) is 4.12. The topological polar surface area (TPSA) is 88.5 Å². The molecule has 0 aliphatic carbocycles. The summed E-state index contributed by atoms with van der Waals surface area (Å²) in [7, 11) is 0. The van der Waals surface area contributed by atoms with Gasteiger partial charge in [-0.3, -0.25) is 23.7 Å². The predicted molar refractivity (Wildman–Crippen MR) is 142 cm³/mol. The number of carbonyl (C=O) groups excluding carboxylic acids is 3. The first-order valence-electron chi connectivity index (χ1n) is 11.3. The van der Waals surface area contributed by atoms with Gasteiger partial charge < -0.3 is 5.32 Å². The van der Waals surface area contributed by atoms with Crippen molar-refractivity contribution in [1.29, 1.82) is 0 Å². The Bertz CT molecular complexity index is 1560. The van der Waals surface area contributed by atoms with Gasteiger partial charge in [0.2, 0.25) is 17.7 Å². The van der Waals surface area contributed by atoms with E-state index in [1.54, 1.807) is 24.3 Å². The van der Waals surface area contributed by atoms with Gasteiger partial charge in [0.1, 0.15) is 17.6 Å². The molecule has 3 atom stereocenters. The third-order valence-corrected chi connectivity index (χ3v) is 9.90. The van der Waals surface area contributed by atoms with Gasteiger partial charge in [-0.15, -0.1) is 11.3 Å². The van der Waals surface area contributed by atoms with Gasteiger partial charge in [-0.05, 0) is 47.8 Å². The molecule has 11 heteroatoms. The maximum absolute atomic E-state index is 13.7. The summed E-state index contributed by atoms with van der Waals surface area (Å²) in [6.45, 7) is -0.217. The van der Waals surface area contributed by atoms with E-state index in [-0.39, 0.29) is 23.2 Å². The lowest BCUT2D eigenvalue weighted by atomic mass is 9.87. The number of para-hydroxylation sites is 1. The molecule has 0 radical (unpaired) electrons. The lowest BCUT2D eigenvalue weighted by molar-refractivity contribution is -0.122. The van der Waals surface area contributed by atoms with Crippen LogP contribution in [0.15, 0.2) is 81.9 Å². The molecule has 6 rings (SSSR count). The summed E-state index contributed by atoms with van der Waals surface area (Å²) in [6.07, 6.45) is 0. The Morgan fingerprint density at radius 3 is 2.41 bits per heavy atom. The standard InChI is InChI=1S/C26H18FN3O4S3/c27-14-8-10-16(11-9-14)30-23(32)20-19(17-7-4-12-35-17)22-25(36-21(20)24(30)33)29(26(34)37-22)13-18(31)28-15-5-2-1-3-6-15/h1-12,19-21H,13H2,(H,28,31)/t19-,20?,21?/m1/s1. The molecule has 3 amide bonds. The number of thiazole rings is 1. The fourth-order valence-electron chi connectivity index (χ4n) is 4.74. The van der Waals surface area contributed by atoms with E-state index in [4.69, 9.17) is 0 Å². The molecule has 1 fully saturated rings. The van der Waals surface area contributed by atoms with E-state index in [9.17, 15) is 23.6 Å². The van der Waals surface area contributed by atoms with Gasteiger partial charge in [0.15, 0.2) is 0 Å². The number of hydrogen-bond acceptors (Lipinski definition) is 7. The van der Waals surface area contributed by atoms with Gasteiger partial charge in [-0.25, -0.2) is 9.29 Å². The first kappa shape index (κ1) is 23.8. The summed E-state index contributed by atoms with van der Waals surface area (Å²) in [5.74, 6) is -2.86. The maximum Gasteiger partial charge on any atom is 0.308 e. The number of carbonyl (C=O) groups is 3. The zero-order valence-corrected chi connectivity index (χ0v) is 21.4. The first-order valence-corrected chi connectivity index (χ1v) is 13.9. The quantitative estimate of drug-likeness (QED) is 0.368. The monoisotopic (exact) mass is 551 g/mol. The lowest BCUT2D eigenvalue weighted by Gasteiger charge is -2.29. The van der Waals surface area contributed by atoms with Crippen molar-refractivity contribution in [3.05, 3.63) is 97.3 Å². The minimum Gasteiger partial charge on any atom is -0.325 e. The maximum atomic E-state index is 13.7. The van der Waals surface area contributed by atoms with Crippen molar-refractivity contribution in [2.75, 3.05) is 10.2 Å². The molecule has 0 bridgehead atoms. The second kappa shape index (κ2) is 9.40. The van der Waals surface area contributed by atoms with Crippen molar-refractivity contribution < 1.29 is 18.8 Å². The van der Waals surface area contributed by atoms with Gasteiger partial charge in [0, 0.05) is 21.4 Å². The number of benzene rings is 2. The summed E-state index contributed by atoms with van der Waals surface area (Å²) < 4.78 is 14.9. The van der Waals surface area contributed by atoms with Crippen molar-refractivity contribution in [2.24, 2.45) is 5.92 Å². The Morgan fingerprint density at radius 1 is 0.946 bits per heavy atom. The van der Waals surface area contributed by atoms with Crippen molar-refractivity contribution in [3.8, 4) is 0 Å². The average Bonchev–Trinajstić information content (AvgIpc) is 3.58. The molecule has 186 valence electrons. The molecule has 37 heavy (non-hydrogen) atoms. The Balaban J connectivity index is 1.39. The summed E-state index contributed by atoms with van der Waals surface area (Å²) in [6, 6.07) is 17.9. The Hall–Kier alpha value is -3.54. The SMILES string of the molecule is O=C(Cn1c2c(sc1=O)[C@H](c1cccs1)C1C(=O)N(c3ccc(F)cc3)C(=O)C1S2)Nc1ccccc1. The summed E-state index contributed by atoms with van der Waals surface area (Å²) >= 11 is 3.60. The van der Waals surface area contributed by atoms with Gasteiger partial charge >= 0.3 is 4.87 Å². The van der Waals surface area contributed by atoms with Crippen LogP contribution in [0.1, 0.15) is 15.7 Å². The highest BCUT2D eigenvalue weighted by molar-refractivity contribution is 8.00. The number of anilines is 2. The van der Waals surface area contributed by atoms with Crippen molar-refractivity contribution >= 4 is 63.5 Å². The highest BCUT2D eigenvalue weighted by Gasteiger charge is 2.57. The number of fused-ring (bicyclic) bond motifs is 2. The fraction of sp³-hybridized carbons (Fsp3) is 0.154. The van der Waals surface area contributed by atoms with E-state index in [2.05, 4.69) is 5.32 Å². The number of nitrogens with one attached hydrogen (secondary N) is 1. The van der Waals surface area contributed by atoms with Crippen LogP contribution in [0, 0.1) is 11.7 Å². The molecule has 4 heterocycles. The van der Waals surface area contributed by atoms with Crippen LogP contribution < -0.4 is 15.1 Å². The molecule has 2 aliphatic rings. The lowest BCUT2D eigenvalue weighted by Crippen LogP contribution is -2.32. The molecule has 1 saturated heterocycles. The normalized spacial score (nSPS) is 20.6. The smallest absolute Gasteiger partial charge is 0.308 e. The molecular formula is C26H18FN3O4S3. The van der Waals surface area contributed by atoms with Gasteiger partial charge in [0.25, 0.3) is 0 Å². The number of thiophene rings is 1. The number of aromatic nitrogens is 1. The molecule has 7 nitrogen and oxygen atoms in total. The van der Waals surface area contributed by atoms with Crippen molar-refractivity contribution in [2.45, 2.75) is 22.7 Å². The van der Waals surface area contributed by atoms with Crippen LogP contribution >= 0.6 is 34.4 Å². The molecule has 0 saturated carbocycles. The van der Waals surface area contributed by atoms with Crippen LogP contribution in [-0.4, -0.2) is 27.5 Å². The molecule has 1 N–H and O–H groups in total. The van der Waals surface area contributed by atoms with E-state index < -0.39 is 28.8 Å². The summed E-state index contributed by atoms with van der Waals surface area (Å²) in [4.78, 5) is 55.5. The Labute approximate surface area is 222 Å². The van der Waals surface area contributed by atoms with Gasteiger partial charge in [-0.1, -0.05) is 47.4 Å². The number of amides is 3. The predicted octanol–water partition coefficient (Wildman–Crippen LogP) is 4.54. The molecular weight excluding hydrogens is 534 g/mol. The minimum atomic E-state index is -0.783. The third-order valence-electron chi connectivity index (χ3n) is 6.34. The summed E-state index contributed by atoms with van der Waals surface area (Å²) in [5.41, 5.74) is 0.916. The zero-order valence-electron chi connectivity index (χ0n) is 19.0. The number of nitrogens with zero attached hydrogens (tertiary/aromatic N) is 2. The molecule has 2 aromatic heterocycles. The molecule has 2 aliphatic heterocycles. The van der Waals surface area contributed by atoms with E-state index >= 15 is 0 Å². The number of hydrogen-bond donors (Lipinski definition) is 1. The number of halogens is 1. The molecule has 4 aromatic rings. The zero-order chi connectivity index (χ0) is 25.7. The Kier molecular flexibility index (Phi) is 6.06. The van der Waals surface area contributed by atoms with E-state index in [0.717, 1.165) is 32.9 Å². The van der Waals surface area contributed by atoms with Crippen LogP contribution in [0.5, 0.6) is 0 Å². The van der Waals surface area contributed by atoms with Crippen LogP contribution in [0.2, 0.25) is 0 Å². The highest BCUT2D eigenvalue weighted by Crippen LogP contribution is 2.54. The Morgan fingerprint density at radius 2 is 1.70 bits per heavy atom. The molecule has 2 unspecified atom stereocenters. The first-order chi connectivity index (χ1) is 17.9. The second-order valence-corrected chi connectivity index (χ2v) is 11.7. The van der Waals surface area contributed by atoms with E-state index in [1.807, 2.05) is 23.6 Å². The largest absolute Gasteiger partial charge is 0.325 e. The van der Waals surface area contributed by atoms with Crippen molar-refractivity contribution in [3.63, 3.8) is 0 Å². The van der Waals surface area contributed by atoms with Crippen LogP contribution in [-0.2, 0) is 20.9 Å².